The first-order chi connectivity index (χ1) is 10.6. The summed E-state index contributed by atoms with van der Waals surface area (Å²) in [4.78, 5) is 19.3. The smallest absolute Gasteiger partial charge is 0.284 e. The van der Waals surface area contributed by atoms with E-state index in [-0.39, 0.29) is 5.91 Å². The molecule has 7 nitrogen and oxygen atoms in total. The summed E-state index contributed by atoms with van der Waals surface area (Å²) in [5.74, 6) is 0.520. The number of piperazine rings is 1. The van der Waals surface area contributed by atoms with Crippen molar-refractivity contribution in [3.05, 3.63) is 29.7 Å². The van der Waals surface area contributed by atoms with Gasteiger partial charge >= 0.3 is 0 Å². The van der Waals surface area contributed by atoms with E-state index >= 15 is 0 Å². The highest BCUT2D eigenvalue weighted by molar-refractivity contribution is 5.94. The third-order valence-corrected chi connectivity index (χ3v) is 3.99. The van der Waals surface area contributed by atoms with Crippen molar-refractivity contribution >= 4 is 11.6 Å². The SMILES string of the molecule is COc1cccn2c(C(=O)NN3CCN(C)CC3)c(C)nc12. The highest BCUT2D eigenvalue weighted by Gasteiger charge is 2.22. The molecule has 7 heteroatoms. The maximum absolute atomic E-state index is 12.6. The number of hydrazine groups is 1. The van der Waals surface area contributed by atoms with E-state index < -0.39 is 0 Å². The summed E-state index contributed by atoms with van der Waals surface area (Å²) in [5.41, 5.74) is 4.88. The summed E-state index contributed by atoms with van der Waals surface area (Å²) < 4.78 is 7.08. The lowest BCUT2D eigenvalue weighted by atomic mass is 10.3. The van der Waals surface area contributed by atoms with Crippen LogP contribution in [0, 0.1) is 6.92 Å². The number of aryl methyl sites for hydroxylation is 1. The minimum absolute atomic E-state index is 0.136. The molecule has 2 aromatic heterocycles. The minimum Gasteiger partial charge on any atom is -0.493 e. The summed E-state index contributed by atoms with van der Waals surface area (Å²) in [6, 6.07) is 3.68. The number of likely N-dealkylation sites (N-methyl/N-ethyl adjacent to an activating group) is 1. The van der Waals surface area contributed by atoms with Crippen LogP contribution < -0.4 is 10.2 Å². The minimum atomic E-state index is -0.136. The first kappa shape index (κ1) is 14.8. The van der Waals surface area contributed by atoms with Crippen molar-refractivity contribution in [1.82, 2.24) is 24.7 Å². The number of hydrogen-bond donors (Lipinski definition) is 1. The molecule has 2 aromatic rings. The molecule has 0 unspecified atom stereocenters. The van der Waals surface area contributed by atoms with Crippen LogP contribution in [0.4, 0.5) is 0 Å². The molecule has 0 saturated carbocycles. The van der Waals surface area contributed by atoms with E-state index in [1.54, 1.807) is 11.5 Å². The van der Waals surface area contributed by atoms with Gasteiger partial charge in [-0.25, -0.2) is 9.99 Å². The van der Waals surface area contributed by atoms with Crippen LogP contribution in [0.2, 0.25) is 0 Å². The Bertz CT molecular complexity index is 689. The number of pyridine rings is 1. The van der Waals surface area contributed by atoms with Crippen LogP contribution >= 0.6 is 0 Å². The molecule has 3 rings (SSSR count). The number of nitrogens with zero attached hydrogens (tertiary/aromatic N) is 4. The van der Waals surface area contributed by atoms with Crippen molar-refractivity contribution in [2.75, 3.05) is 40.3 Å². The van der Waals surface area contributed by atoms with Crippen molar-refractivity contribution in [2.24, 2.45) is 0 Å². The van der Waals surface area contributed by atoms with Gasteiger partial charge in [-0.05, 0) is 26.1 Å². The van der Waals surface area contributed by atoms with Gasteiger partial charge in [-0.15, -0.1) is 0 Å². The van der Waals surface area contributed by atoms with Gasteiger partial charge in [0.1, 0.15) is 5.69 Å². The van der Waals surface area contributed by atoms with E-state index in [0.29, 0.717) is 22.8 Å². The quantitative estimate of drug-likeness (QED) is 0.897. The number of aromatic nitrogens is 2. The molecular formula is C15H21N5O2. The molecular weight excluding hydrogens is 282 g/mol. The number of methoxy groups -OCH3 is 1. The highest BCUT2D eigenvalue weighted by atomic mass is 16.5. The Morgan fingerprint density at radius 1 is 1.32 bits per heavy atom. The molecule has 1 saturated heterocycles. The highest BCUT2D eigenvalue weighted by Crippen LogP contribution is 2.21. The molecule has 0 bridgehead atoms. The van der Waals surface area contributed by atoms with Gasteiger partial charge in [0.05, 0.1) is 12.8 Å². The van der Waals surface area contributed by atoms with Crippen LogP contribution in [0.5, 0.6) is 5.75 Å². The van der Waals surface area contributed by atoms with E-state index in [9.17, 15) is 4.79 Å². The van der Waals surface area contributed by atoms with E-state index in [2.05, 4.69) is 22.4 Å². The molecule has 1 amide bonds. The predicted octanol–water partition coefficient (Wildman–Crippen LogP) is 0.544. The zero-order chi connectivity index (χ0) is 15.7. The lowest BCUT2D eigenvalue weighted by Crippen LogP contribution is -2.52. The van der Waals surface area contributed by atoms with Crippen LogP contribution in [0.1, 0.15) is 16.2 Å². The van der Waals surface area contributed by atoms with Crippen molar-refractivity contribution in [2.45, 2.75) is 6.92 Å². The fraction of sp³-hybridized carbons (Fsp3) is 0.467. The van der Waals surface area contributed by atoms with Crippen molar-refractivity contribution in [1.29, 1.82) is 0 Å². The lowest BCUT2D eigenvalue weighted by molar-refractivity contribution is 0.0656. The fourth-order valence-electron chi connectivity index (χ4n) is 2.70. The van der Waals surface area contributed by atoms with Crippen LogP contribution in [0.25, 0.3) is 5.65 Å². The number of hydrogen-bond acceptors (Lipinski definition) is 5. The van der Waals surface area contributed by atoms with E-state index in [0.717, 1.165) is 26.2 Å². The number of imidazole rings is 1. The molecule has 0 aliphatic carbocycles. The number of rotatable bonds is 3. The number of fused-ring (bicyclic) bond motifs is 1. The second-order valence-corrected chi connectivity index (χ2v) is 5.55. The molecule has 1 fully saturated rings. The average Bonchev–Trinajstić information content (AvgIpc) is 2.85. The number of carbonyl (C=O) groups excluding carboxylic acids is 1. The monoisotopic (exact) mass is 303 g/mol. The topological polar surface area (TPSA) is 62.1 Å². The molecule has 118 valence electrons. The molecule has 0 atom stereocenters. The van der Waals surface area contributed by atoms with Gasteiger partial charge in [0.15, 0.2) is 11.4 Å². The molecule has 1 aliphatic heterocycles. The summed E-state index contributed by atoms with van der Waals surface area (Å²) in [5, 5.41) is 1.96. The predicted molar refractivity (Wildman–Crippen MR) is 83.0 cm³/mol. The second-order valence-electron chi connectivity index (χ2n) is 5.55. The standard InChI is InChI=1S/C15H21N5O2/c1-11-13(15(21)17-19-9-7-18(2)8-10-19)20-6-4-5-12(22-3)14(20)16-11/h4-6H,7-10H2,1-3H3,(H,17,21). The molecule has 3 heterocycles. The Hall–Kier alpha value is -2.12. The van der Waals surface area contributed by atoms with Gasteiger partial charge in [0.2, 0.25) is 0 Å². The maximum Gasteiger partial charge on any atom is 0.284 e. The number of amides is 1. The largest absolute Gasteiger partial charge is 0.493 e. The third kappa shape index (κ3) is 2.65. The Balaban J connectivity index is 1.86. The van der Waals surface area contributed by atoms with E-state index in [4.69, 9.17) is 4.74 Å². The number of ether oxygens (including phenoxy) is 1. The van der Waals surface area contributed by atoms with Gasteiger partial charge in [-0.1, -0.05) is 0 Å². The Kier molecular flexibility index (Phi) is 4.00. The molecule has 1 aliphatic rings. The fourth-order valence-corrected chi connectivity index (χ4v) is 2.70. The van der Waals surface area contributed by atoms with E-state index in [1.807, 2.05) is 30.3 Å². The van der Waals surface area contributed by atoms with Crippen molar-refractivity contribution in [3.63, 3.8) is 0 Å². The molecule has 1 N–H and O–H groups in total. The van der Waals surface area contributed by atoms with Crippen molar-refractivity contribution < 1.29 is 9.53 Å². The summed E-state index contributed by atoms with van der Waals surface area (Å²) in [7, 11) is 3.68. The first-order valence-electron chi connectivity index (χ1n) is 7.36. The zero-order valence-corrected chi connectivity index (χ0v) is 13.2. The van der Waals surface area contributed by atoms with Gasteiger partial charge in [0, 0.05) is 32.4 Å². The average molecular weight is 303 g/mol. The van der Waals surface area contributed by atoms with Crippen LogP contribution in [0.3, 0.4) is 0 Å². The molecule has 0 spiro atoms. The Morgan fingerprint density at radius 2 is 2.05 bits per heavy atom. The van der Waals surface area contributed by atoms with Gasteiger partial charge in [-0.2, -0.15) is 0 Å². The Labute approximate surface area is 129 Å². The summed E-state index contributed by atoms with van der Waals surface area (Å²) in [6.45, 7) is 5.37. The number of carbonyl (C=O) groups is 1. The van der Waals surface area contributed by atoms with Crippen LogP contribution in [0.15, 0.2) is 18.3 Å². The Morgan fingerprint density at radius 3 is 2.73 bits per heavy atom. The molecule has 0 aromatic carbocycles. The molecule has 0 radical (unpaired) electrons. The number of nitrogens with one attached hydrogen (secondary N) is 1. The van der Waals surface area contributed by atoms with Gasteiger partial charge < -0.3 is 9.64 Å². The molecule has 22 heavy (non-hydrogen) atoms. The van der Waals surface area contributed by atoms with Gasteiger partial charge in [0.25, 0.3) is 5.91 Å². The van der Waals surface area contributed by atoms with E-state index in [1.165, 1.54) is 0 Å². The van der Waals surface area contributed by atoms with Crippen LogP contribution in [-0.2, 0) is 0 Å². The lowest BCUT2D eigenvalue weighted by Gasteiger charge is -2.32. The zero-order valence-electron chi connectivity index (χ0n) is 13.2. The maximum atomic E-state index is 12.6. The van der Waals surface area contributed by atoms with Gasteiger partial charge in [-0.3, -0.25) is 14.6 Å². The third-order valence-electron chi connectivity index (χ3n) is 3.99. The van der Waals surface area contributed by atoms with Crippen molar-refractivity contribution in [3.8, 4) is 5.75 Å². The normalized spacial score (nSPS) is 16.9. The second kappa shape index (κ2) is 5.94. The van der Waals surface area contributed by atoms with Crippen LogP contribution in [-0.4, -0.2) is 65.5 Å². The summed E-state index contributed by atoms with van der Waals surface area (Å²) in [6.07, 6.45) is 1.83. The first-order valence-corrected chi connectivity index (χ1v) is 7.36. The summed E-state index contributed by atoms with van der Waals surface area (Å²) >= 11 is 0.